The minimum absolute atomic E-state index is 0.120. The van der Waals surface area contributed by atoms with Crippen molar-refractivity contribution in [1.82, 2.24) is 15.2 Å². The van der Waals surface area contributed by atoms with Crippen molar-refractivity contribution in [3.63, 3.8) is 0 Å². The predicted octanol–water partition coefficient (Wildman–Crippen LogP) is 2.75. The average molecular weight is 342 g/mol. The molecule has 1 aliphatic rings. The lowest BCUT2D eigenvalue weighted by molar-refractivity contribution is -0.143. The first-order valence-electron chi connectivity index (χ1n) is 6.15. The Kier molecular flexibility index (Phi) is 4.95. The van der Waals surface area contributed by atoms with Crippen LogP contribution in [0.25, 0.3) is 0 Å². The van der Waals surface area contributed by atoms with E-state index in [4.69, 9.17) is 23.2 Å². The third-order valence-electron chi connectivity index (χ3n) is 3.08. The van der Waals surface area contributed by atoms with Crippen LogP contribution in [0.4, 0.5) is 13.2 Å². The highest BCUT2D eigenvalue weighted by Gasteiger charge is 2.34. The number of likely N-dealkylation sites (tertiary alicyclic amines) is 1. The first-order valence-corrected chi connectivity index (χ1v) is 6.91. The number of hydrogen-bond donors (Lipinski definition) is 1. The summed E-state index contributed by atoms with van der Waals surface area (Å²) in [5.41, 5.74) is 0.158. The van der Waals surface area contributed by atoms with Crippen molar-refractivity contribution < 1.29 is 18.0 Å². The number of carbonyl (C=O) groups is 1. The van der Waals surface area contributed by atoms with Crippen LogP contribution in [-0.4, -0.2) is 47.6 Å². The van der Waals surface area contributed by atoms with Crippen LogP contribution in [0.1, 0.15) is 16.8 Å². The van der Waals surface area contributed by atoms with Gasteiger partial charge in [-0.25, -0.2) is 4.98 Å². The molecule has 9 heteroatoms. The number of pyridine rings is 1. The Labute approximate surface area is 129 Å². The zero-order valence-corrected chi connectivity index (χ0v) is 12.3. The third-order valence-corrected chi connectivity index (χ3v) is 3.58. The minimum atomic E-state index is -4.24. The molecule has 0 bridgehead atoms. The lowest BCUT2D eigenvalue weighted by Crippen LogP contribution is -2.39. The SMILES string of the molecule is O=C(NC1CCN(CC(F)(F)F)C1)c1cc(Cl)ncc1Cl. The summed E-state index contributed by atoms with van der Waals surface area (Å²) in [6, 6.07) is 0.977. The van der Waals surface area contributed by atoms with Crippen LogP contribution in [-0.2, 0) is 0 Å². The standard InChI is InChI=1S/C12H12Cl2F3N3O/c13-9-4-18-10(14)3-8(9)11(21)19-7-1-2-20(5-7)6-12(15,16)17/h3-4,7H,1-2,5-6H2,(H,19,21). The Bertz CT molecular complexity index is 539. The monoisotopic (exact) mass is 341 g/mol. The molecule has 21 heavy (non-hydrogen) atoms. The van der Waals surface area contributed by atoms with Crippen molar-refractivity contribution in [3.05, 3.63) is 28.0 Å². The first-order chi connectivity index (χ1) is 9.74. The average Bonchev–Trinajstić information content (AvgIpc) is 2.77. The van der Waals surface area contributed by atoms with E-state index in [1.807, 2.05) is 0 Å². The fourth-order valence-electron chi connectivity index (χ4n) is 2.20. The molecule has 1 amide bonds. The molecule has 2 heterocycles. The Morgan fingerprint density at radius 1 is 1.48 bits per heavy atom. The molecular formula is C12H12Cl2F3N3O. The van der Waals surface area contributed by atoms with E-state index in [9.17, 15) is 18.0 Å². The van der Waals surface area contributed by atoms with Crippen molar-refractivity contribution >= 4 is 29.1 Å². The maximum absolute atomic E-state index is 12.3. The van der Waals surface area contributed by atoms with Gasteiger partial charge in [-0.2, -0.15) is 13.2 Å². The summed E-state index contributed by atoms with van der Waals surface area (Å²) in [5.74, 6) is -0.469. The zero-order valence-electron chi connectivity index (χ0n) is 10.8. The van der Waals surface area contributed by atoms with Gasteiger partial charge in [-0.1, -0.05) is 23.2 Å². The van der Waals surface area contributed by atoms with Gasteiger partial charge in [0.15, 0.2) is 0 Å². The maximum Gasteiger partial charge on any atom is 0.401 e. The van der Waals surface area contributed by atoms with E-state index in [-0.39, 0.29) is 34.9 Å². The number of amides is 1. The Morgan fingerprint density at radius 2 is 2.19 bits per heavy atom. The van der Waals surface area contributed by atoms with Crippen LogP contribution < -0.4 is 5.32 Å². The second-order valence-electron chi connectivity index (χ2n) is 4.80. The van der Waals surface area contributed by atoms with E-state index in [0.717, 1.165) is 0 Å². The molecule has 1 saturated heterocycles. The number of nitrogens with one attached hydrogen (secondary N) is 1. The van der Waals surface area contributed by atoms with Crippen LogP contribution in [0.5, 0.6) is 0 Å². The highest BCUT2D eigenvalue weighted by atomic mass is 35.5. The van der Waals surface area contributed by atoms with Gasteiger partial charge in [-0.05, 0) is 12.5 Å². The van der Waals surface area contributed by atoms with Gasteiger partial charge in [0.25, 0.3) is 5.91 Å². The molecule has 0 saturated carbocycles. The minimum Gasteiger partial charge on any atom is -0.348 e. The molecular weight excluding hydrogens is 330 g/mol. The van der Waals surface area contributed by atoms with E-state index in [2.05, 4.69) is 10.3 Å². The smallest absolute Gasteiger partial charge is 0.348 e. The van der Waals surface area contributed by atoms with Gasteiger partial charge in [-0.3, -0.25) is 9.69 Å². The second-order valence-corrected chi connectivity index (χ2v) is 5.59. The van der Waals surface area contributed by atoms with Gasteiger partial charge in [0.2, 0.25) is 0 Å². The van der Waals surface area contributed by atoms with Gasteiger partial charge < -0.3 is 5.32 Å². The molecule has 1 aromatic heterocycles. The molecule has 0 radical (unpaired) electrons. The summed E-state index contributed by atoms with van der Waals surface area (Å²) < 4.78 is 36.9. The van der Waals surface area contributed by atoms with E-state index in [1.165, 1.54) is 17.2 Å². The van der Waals surface area contributed by atoms with Crippen molar-refractivity contribution in [2.24, 2.45) is 0 Å². The maximum atomic E-state index is 12.3. The fraction of sp³-hybridized carbons (Fsp3) is 0.500. The lowest BCUT2D eigenvalue weighted by atomic mass is 10.2. The molecule has 116 valence electrons. The van der Waals surface area contributed by atoms with Crippen LogP contribution in [0, 0.1) is 0 Å². The number of halogens is 5. The van der Waals surface area contributed by atoms with Crippen molar-refractivity contribution in [2.75, 3.05) is 19.6 Å². The van der Waals surface area contributed by atoms with Gasteiger partial charge in [-0.15, -0.1) is 0 Å². The van der Waals surface area contributed by atoms with Crippen molar-refractivity contribution in [3.8, 4) is 0 Å². The van der Waals surface area contributed by atoms with Crippen LogP contribution in [0.2, 0.25) is 10.2 Å². The molecule has 0 aliphatic carbocycles. The van der Waals surface area contributed by atoms with Crippen molar-refractivity contribution in [2.45, 2.75) is 18.6 Å². The van der Waals surface area contributed by atoms with Gasteiger partial charge >= 0.3 is 6.18 Å². The number of alkyl halides is 3. The predicted molar refractivity (Wildman–Crippen MR) is 72.6 cm³/mol. The van der Waals surface area contributed by atoms with Crippen LogP contribution in [0.3, 0.4) is 0 Å². The summed E-state index contributed by atoms with van der Waals surface area (Å²) in [5, 5.41) is 2.92. The zero-order chi connectivity index (χ0) is 15.6. The molecule has 2 rings (SSSR count). The normalized spacial score (nSPS) is 19.8. The van der Waals surface area contributed by atoms with E-state index in [0.29, 0.717) is 6.42 Å². The Morgan fingerprint density at radius 3 is 2.86 bits per heavy atom. The van der Waals surface area contributed by atoms with Crippen LogP contribution in [0.15, 0.2) is 12.3 Å². The number of hydrogen-bond acceptors (Lipinski definition) is 3. The van der Waals surface area contributed by atoms with Gasteiger partial charge in [0, 0.05) is 25.3 Å². The fourth-order valence-corrected chi connectivity index (χ4v) is 2.55. The van der Waals surface area contributed by atoms with Gasteiger partial charge in [0.05, 0.1) is 17.1 Å². The molecule has 1 aliphatic heterocycles. The number of rotatable bonds is 3. The van der Waals surface area contributed by atoms with E-state index >= 15 is 0 Å². The second kappa shape index (κ2) is 6.37. The molecule has 1 unspecified atom stereocenters. The topological polar surface area (TPSA) is 45.2 Å². The molecule has 0 aromatic carbocycles. The molecule has 1 N–H and O–H groups in total. The Balaban J connectivity index is 1.94. The highest BCUT2D eigenvalue weighted by molar-refractivity contribution is 6.35. The molecule has 1 aromatic rings. The molecule has 4 nitrogen and oxygen atoms in total. The van der Waals surface area contributed by atoms with Gasteiger partial charge in [0.1, 0.15) is 5.15 Å². The summed E-state index contributed by atoms with van der Waals surface area (Å²) in [7, 11) is 0. The highest BCUT2D eigenvalue weighted by Crippen LogP contribution is 2.21. The van der Waals surface area contributed by atoms with Crippen molar-refractivity contribution in [1.29, 1.82) is 0 Å². The quantitative estimate of drug-likeness (QED) is 0.860. The summed E-state index contributed by atoms with van der Waals surface area (Å²) in [4.78, 5) is 17.0. The molecule has 0 spiro atoms. The Hall–Kier alpha value is -1.05. The molecule has 1 atom stereocenters. The molecule has 1 fully saturated rings. The van der Waals surface area contributed by atoms with E-state index in [1.54, 1.807) is 0 Å². The van der Waals surface area contributed by atoms with Crippen LogP contribution >= 0.6 is 23.2 Å². The number of aromatic nitrogens is 1. The largest absolute Gasteiger partial charge is 0.401 e. The summed E-state index contributed by atoms with van der Waals surface area (Å²) in [6.07, 6.45) is -2.53. The first kappa shape index (κ1) is 16.3. The summed E-state index contributed by atoms with van der Waals surface area (Å²) in [6.45, 7) is -0.530. The number of nitrogens with zero attached hydrogens (tertiary/aromatic N) is 2. The third kappa shape index (κ3) is 4.72. The summed E-state index contributed by atoms with van der Waals surface area (Å²) >= 11 is 11.5. The van der Waals surface area contributed by atoms with E-state index < -0.39 is 18.6 Å². The number of carbonyl (C=O) groups excluding carboxylic acids is 1. The lowest BCUT2D eigenvalue weighted by Gasteiger charge is -2.18.